The quantitative estimate of drug-likeness (QED) is 0.425. The number of nitrogen functional groups attached to an aromatic ring is 1. The van der Waals surface area contributed by atoms with E-state index < -0.39 is 11.2 Å². The Hall–Kier alpha value is -2.61. The fourth-order valence-electron chi connectivity index (χ4n) is 2.33. The van der Waals surface area contributed by atoms with Crippen LogP contribution >= 0.6 is 11.8 Å². The third-order valence-electron chi connectivity index (χ3n) is 3.85. The number of benzene rings is 1. The highest BCUT2D eigenvalue weighted by atomic mass is 32.2. The molecule has 8 heteroatoms. The van der Waals surface area contributed by atoms with Gasteiger partial charge in [0.15, 0.2) is 5.16 Å². The lowest BCUT2D eigenvalue weighted by Gasteiger charge is -2.16. The number of aryl methyl sites for hydroxylation is 2. The zero-order valence-corrected chi connectivity index (χ0v) is 16.7. The van der Waals surface area contributed by atoms with Crippen LogP contribution in [0.15, 0.2) is 29.6 Å². The molecule has 0 unspecified atom stereocenters. The summed E-state index contributed by atoms with van der Waals surface area (Å²) in [6.07, 6.45) is 1.92. The highest BCUT2D eigenvalue weighted by Gasteiger charge is 2.21. The fraction of sp³-hybridized carbons (Fsp3) is 0.368. The van der Waals surface area contributed by atoms with E-state index in [9.17, 15) is 9.59 Å². The third kappa shape index (κ3) is 5.43. The topological polar surface area (TPSA) is 107 Å². The van der Waals surface area contributed by atoms with E-state index in [2.05, 4.69) is 15.3 Å². The van der Waals surface area contributed by atoms with Crippen molar-refractivity contribution in [1.82, 2.24) is 9.97 Å². The monoisotopic (exact) mass is 388 g/mol. The molecule has 144 valence electrons. The first-order valence-electron chi connectivity index (χ1n) is 8.70. The van der Waals surface area contributed by atoms with Crippen molar-refractivity contribution in [3.63, 3.8) is 0 Å². The number of esters is 1. The lowest BCUT2D eigenvalue weighted by molar-refractivity contribution is -0.115. The summed E-state index contributed by atoms with van der Waals surface area (Å²) in [5.41, 5.74) is 8.81. The number of anilines is 2. The van der Waals surface area contributed by atoms with Gasteiger partial charge < -0.3 is 15.8 Å². The van der Waals surface area contributed by atoms with Crippen LogP contribution in [0.4, 0.5) is 11.5 Å². The van der Waals surface area contributed by atoms with Gasteiger partial charge in [-0.1, -0.05) is 30.8 Å². The minimum atomic E-state index is -0.564. The molecular formula is C19H24N4O3S. The molecule has 1 aromatic heterocycles. The number of carbonyl (C=O) groups excluding carboxylic acids is 2. The van der Waals surface area contributed by atoms with Gasteiger partial charge in [0.25, 0.3) is 0 Å². The maximum Gasteiger partial charge on any atom is 0.343 e. The number of nitrogens with one attached hydrogen (secondary N) is 1. The molecule has 0 aliphatic carbocycles. The minimum Gasteiger partial charge on any atom is -0.462 e. The molecule has 2 aromatic rings. The summed E-state index contributed by atoms with van der Waals surface area (Å²) < 4.78 is 4.91. The smallest absolute Gasteiger partial charge is 0.343 e. The van der Waals surface area contributed by atoms with E-state index in [0.29, 0.717) is 11.6 Å². The molecular weight excluding hydrogens is 364 g/mol. The molecule has 0 aliphatic heterocycles. The van der Waals surface area contributed by atoms with E-state index >= 15 is 0 Å². The van der Waals surface area contributed by atoms with Gasteiger partial charge in [-0.2, -0.15) is 0 Å². The molecule has 0 bridgehead atoms. The van der Waals surface area contributed by atoms with Crippen molar-refractivity contribution in [3.8, 4) is 0 Å². The van der Waals surface area contributed by atoms with Crippen LogP contribution in [0.2, 0.25) is 0 Å². The van der Waals surface area contributed by atoms with Gasteiger partial charge in [-0.15, -0.1) is 0 Å². The van der Waals surface area contributed by atoms with Crippen molar-refractivity contribution in [2.24, 2.45) is 0 Å². The van der Waals surface area contributed by atoms with Crippen molar-refractivity contribution in [3.05, 3.63) is 41.1 Å². The average molecular weight is 388 g/mol. The Morgan fingerprint density at radius 1 is 1.30 bits per heavy atom. The molecule has 1 atom stereocenters. The zero-order chi connectivity index (χ0) is 20.0. The molecule has 0 spiro atoms. The third-order valence-corrected chi connectivity index (χ3v) is 5.09. The Labute approximate surface area is 163 Å². The Balaban J connectivity index is 2.11. The van der Waals surface area contributed by atoms with Crippen molar-refractivity contribution in [2.45, 2.75) is 44.5 Å². The van der Waals surface area contributed by atoms with Crippen LogP contribution in [-0.4, -0.2) is 33.7 Å². The van der Waals surface area contributed by atoms with Crippen molar-refractivity contribution < 1.29 is 14.3 Å². The number of hydrogen-bond donors (Lipinski definition) is 2. The van der Waals surface area contributed by atoms with Gasteiger partial charge in [0.1, 0.15) is 11.4 Å². The standard InChI is InChI=1S/C19H24N4O3S/c1-5-15(17(24)22-14-9-11(3)7-8-12(14)4)27-19-21-10-13(16(20)23-19)18(25)26-6-2/h7-10,15H,5-6H2,1-4H3,(H,22,24)(H2,20,21,23)/t15-/m0/s1. The number of thioether (sulfide) groups is 1. The molecule has 0 aliphatic rings. The summed E-state index contributed by atoms with van der Waals surface area (Å²) in [5, 5.41) is 2.91. The van der Waals surface area contributed by atoms with E-state index in [1.165, 1.54) is 18.0 Å². The van der Waals surface area contributed by atoms with Crippen LogP contribution < -0.4 is 11.1 Å². The van der Waals surface area contributed by atoms with E-state index in [-0.39, 0.29) is 23.9 Å². The Morgan fingerprint density at radius 3 is 2.67 bits per heavy atom. The molecule has 0 fully saturated rings. The first-order valence-corrected chi connectivity index (χ1v) is 9.58. The number of aromatic nitrogens is 2. The highest BCUT2D eigenvalue weighted by Crippen LogP contribution is 2.26. The summed E-state index contributed by atoms with van der Waals surface area (Å²) in [6, 6.07) is 5.91. The van der Waals surface area contributed by atoms with E-state index in [1.54, 1.807) is 6.92 Å². The van der Waals surface area contributed by atoms with Crippen molar-refractivity contribution >= 4 is 35.1 Å². The van der Waals surface area contributed by atoms with Gasteiger partial charge in [-0.05, 0) is 44.4 Å². The number of amides is 1. The summed E-state index contributed by atoms with van der Waals surface area (Å²) >= 11 is 1.21. The second-order valence-corrected chi connectivity index (χ2v) is 7.16. The predicted molar refractivity (Wildman–Crippen MR) is 107 cm³/mol. The fourth-order valence-corrected chi connectivity index (χ4v) is 3.19. The number of nitrogens with two attached hydrogens (primary N) is 1. The Kier molecular flexibility index (Phi) is 7.18. The second kappa shape index (κ2) is 9.36. The summed E-state index contributed by atoms with van der Waals surface area (Å²) in [5.74, 6) is -0.658. The number of ether oxygens (including phenoxy) is 1. The van der Waals surface area contributed by atoms with Crippen LogP contribution in [0.25, 0.3) is 0 Å². The Morgan fingerprint density at radius 2 is 2.04 bits per heavy atom. The summed E-state index contributed by atoms with van der Waals surface area (Å²) in [7, 11) is 0. The molecule has 1 aromatic carbocycles. The van der Waals surface area contributed by atoms with Crippen LogP contribution in [0.3, 0.4) is 0 Å². The van der Waals surface area contributed by atoms with Crippen LogP contribution in [0, 0.1) is 13.8 Å². The van der Waals surface area contributed by atoms with Gasteiger partial charge in [0.05, 0.1) is 11.9 Å². The zero-order valence-electron chi connectivity index (χ0n) is 15.9. The highest BCUT2D eigenvalue weighted by molar-refractivity contribution is 8.00. The van der Waals surface area contributed by atoms with Gasteiger partial charge in [0.2, 0.25) is 5.91 Å². The minimum absolute atomic E-state index is 0.0377. The molecule has 2 rings (SSSR count). The molecule has 0 radical (unpaired) electrons. The van der Waals surface area contributed by atoms with Gasteiger partial charge >= 0.3 is 5.97 Å². The molecule has 1 heterocycles. The lowest BCUT2D eigenvalue weighted by Crippen LogP contribution is -2.25. The van der Waals surface area contributed by atoms with Crippen LogP contribution in [0.1, 0.15) is 41.8 Å². The lowest BCUT2D eigenvalue weighted by atomic mass is 10.1. The second-order valence-electron chi connectivity index (χ2n) is 5.99. The van der Waals surface area contributed by atoms with Gasteiger partial charge in [-0.25, -0.2) is 14.8 Å². The summed E-state index contributed by atoms with van der Waals surface area (Å²) in [6.45, 7) is 7.78. The Bertz CT molecular complexity index is 842. The SMILES string of the molecule is CCOC(=O)c1cnc(S[C@@H](CC)C(=O)Nc2cc(C)ccc2C)nc1N. The van der Waals surface area contributed by atoms with Crippen molar-refractivity contribution in [2.75, 3.05) is 17.7 Å². The summed E-state index contributed by atoms with van der Waals surface area (Å²) in [4.78, 5) is 32.7. The largest absolute Gasteiger partial charge is 0.462 e. The molecule has 3 N–H and O–H groups in total. The first-order chi connectivity index (χ1) is 12.8. The number of carbonyl (C=O) groups is 2. The molecule has 0 saturated carbocycles. The van der Waals surface area contributed by atoms with Crippen LogP contribution in [0.5, 0.6) is 0 Å². The maximum absolute atomic E-state index is 12.7. The van der Waals surface area contributed by atoms with Crippen LogP contribution in [-0.2, 0) is 9.53 Å². The number of hydrogen-bond acceptors (Lipinski definition) is 7. The van der Waals surface area contributed by atoms with Gasteiger partial charge in [-0.3, -0.25) is 4.79 Å². The number of rotatable bonds is 7. The average Bonchev–Trinajstić information content (AvgIpc) is 2.62. The van der Waals surface area contributed by atoms with Crippen molar-refractivity contribution in [1.29, 1.82) is 0 Å². The normalized spacial score (nSPS) is 11.7. The van der Waals surface area contributed by atoms with E-state index in [4.69, 9.17) is 10.5 Å². The van der Waals surface area contributed by atoms with Gasteiger partial charge in [0, 0.05) is 11.9 Å². The number of nitrogens with zero attached hydrogens (tertiary/aromatic N) is 2. The molecule has 7 nitrogen and oxygen atoms in total. The first kappa shape index (κ1) is 20.7. The maximum atomic E-state index is 12.7. The van der Waals surface area contributed by atoms with E-state index in [1.807, 2.05) is 39.0 Å². The predicted octanol–water partition coefficient (Wildman–Crippen LogP) is 3.36. The van der Waals surface area contributed by atoms with E-state index in [0.717, 1.165) is 16.8 Å². The molecule has 1 amide bonds. The molecule has 0 saturated heterocycles. The molecule has 27 heavy (non-hydrogen) atoms.